The molecule has 0 radical (unpaired) electrons. The van der Waals surface area contributed by atoms with Crippen LogP contribution in [0.3, 0.4) is 0 Å². The molecule has 3 heterocycles. The van der Waals surface area contributed by atoms with Crippen molar-refractivity contribution in [3.8, 4) is 22.6 Å². The fourth-order valence-corrected chi connectivity index (χ4v) is 3.03. The molecule has 0 bridgehead atoms. The third kappa shape index (κ3) is 4.10. The van der Waals surface area contributed by atoms with Crippen LogP contribution in [-0.2, 0) is 6.18 Å². The molecule has 4 rings (SSSR count). The van der Waals surface area contributed by atoms with Gasteiger partial charge in [-0.3, -0.25) is 4.79 Å². The highest BCUT2D eigenvalue weighted by Crippen LogP contribution is 2.46. The molecule has 1 aliphatic heterocycles. The number of aromatic nitrogens is 2. The highest BCUT2D eigenvalue weighted by Gasteiger charge is 2.44. The second-order valence-corrected chi connectivity index (χ2v) is 6.65. The number of ether oxygens (including phenoxy) is 2. The molecule has 3 aromatic rings. The number of alkyl halides is 5. The molecule has 13 heteroatoms. The molecule has 0 saturated heterocycles. The highest BCUT2D eigenvalue weighted by atomic mass is 35.5. The zero-order valence-corrected chi connectivity index (χ0v) is 15.9. The first-order valence-corrected chi connectivity index (χ1v) is 8.72. The van der Waals surface area contributed by atoms with E-state index in [-0.39, 0.29) is 33.8 Å². The summed E-state index contributed by atoms with van der Waals surface area (Å²) in [7, 11) is 0. The van der Waals surface area contributed by atoms with Crippen molar-refractivity contribution in [2.45, 2.75) is 19.4 Å². The molecule has 0 unspecified atom stereocenters. The minimum atomic E-state index is -4.90. The van der Waals surface area contributed by atoms with E-state index in [0.29, 0.717) is 5.56 Å². The van der Waals surface area contributed by atoms with Gasteiger partial charge in [0.25, 0.3) is 5.91 Å². The number of carbonyl (C=O) groups is 1. The number of amides is 1. The minimum absolute atomic E-state index is 0.0616. The van der Waals surface area contributed by atoms with Crippen molar-refractivity contribution < 1.29 is 40.6 Å². The summed E-state index contributed by atoms with van der Waals surface area (Å²) >= 11 is 6.10. The van der Waals surface area contributed by atoms with Crippen molar-refractivity contribution in [1.29, 1.82) is 0 Å². The number of fused-ring (bicyclic) bond motifs is 1. The van der Waals surface area contributed by atoms with Crippen LogP contribution < -0.4 is 14.8 Å². The summed E-state index contributed by atoms with van der Waals surface area (Å²) in [5.74, 6) is -3.59. The number of carbonyl (C=O) groups excluding carboxylic acids is 1. The van der Waals surface area contributed by atoms with E-state index < -0.39 is 29.8 Å². The number of hydrogen-bond donors (Lipinski definition) is 1. The number of rotatable bonds is 3. The lowest BCUT2D eigenvalue weighted by atomic mass is 10.1. The standard InChI is InChI=1S/C18H9ClF5N3O4/c1-7-26-14(15(29-7)17(20,21)22)16(28)27-13-3-2-8(6-25-13)9-4-11-12(5-10(9)19)31-18(23,24)30-11/h2-6H,1H3,(H,25,27,28). The maximum atomic E-state index is 13.2. The number of nitrogens with one attached hydrogen (secondary N) is 1. The topological polar surface area (TPSA) is 86.5 Å². The van der Waals surface area contributed by atoms with Gasteiger partial charge < -0.3 is 19.2 Å². The number of aryl methyl sites for hydroxylation is 1. The number of oxazole rings is 1. The number of hydrogen-bond acceptors (Lipinski definition) is 6. The van der Waals surface area contributed by atoms with Crippen molar-refractivity contribution in [2.75, 3.05) is 5.32 Å². The SMILES string of the molecule is Cc1nc(C(=O)Nc2ccc(-c3cc4c(cc3Cl)OC(F)(F)O4)cn2)c(C(F)(F)F)o1. The Bertz CT molecular complexity index is 1180. The Hall–Kier alpha value is -3.41. The van der Waals surface area contributed by atoms with E-state index in [9.17, 15) is 26.7 Å². The Labute approximate surface area is 174 Å². The van der Waals surface area contributed by atoms with Crippen molar-refractivity contribution in [2.24, 2.45) is 0 Å². The summed E-state index contributed by atoms with van der Waals surface area (Å²) in [4.78, 5) is 19.6. The second kappa shape index (κ2) is 7.08. The molecular formula is C18H9ClF5N3O4. The Morgan fingerprint density at radius 3 is 2.45 bits per heavy atom. The third-order valence-electron chi connectivity index (χ3n) is 4.01. The van der Waals surface area contributed by atoms with E-state index in [0.717, 1.165) is 6.07 Å². The molecule has 0 aliphatic carbocycles. The summed E-state index contributed by atoms with van der Waals surface area (Å²) in [6.07, 6.45) is -7.49. The Morgan fingerprint density at radius 2 is 1.84 bits per heavy atom. The zero-order chi connectivity index (χ0) is 22.6. The van der Waals surface area contributed by atoms with Gasteiger partial charge in [-0.1, -0.05) is 11.6 Å². The van der Waals surface area contributed by atoms with Crippen molar-refractivity contribution >= 4 is 23.3 Å². The van der Waals surface area contributed by atoms with E-state index in [4.69, 9.17) is 11.6 Å². The molecule has 1 aromatic carbocycles. The van der Waals surface area contributed by atoms with Gasteiger partial charge in [0, 0.05) is 30.3 Å². The fraction of sp³-hybridized carbons (Fsp3) is 0.167. The van der Waals surface area contributed by atoms with Gasteiger partial charge in [-0.2, -0.15) is 13.2 Å². The summed E-state index contributed by atoms with van der Waals surface area (Å²) < 4.78 is 78.5. The average Bonchev–Trinajstić information content (AvgIpc) is 3.20. The molecular weight excluding hydrogens is 453 g/mol. The molecule has 1 aliphatic rings. The first kappa shape index (κ1) is 20.8. The maximum Gasteiger partial charge on any atom is 0.586 e. The van der Waals surface area contributed by atoms with Crippen LogP contribution in [0.25, 0.3) is 11.1 Å². The number of nitrogens with zero attached hydrogens (tertiary/aromatic N) is 2. The Balaban J connectivity index is 1.56. The lowest BCUT2D eigenvalue weighted by molar-refractivity contribution is -0.286. The Morgan fingerprint density at radius 1 is 1.16 bits per heavy atom. The quantitative estimate of drug-likeness (QED) is 0.533. The smallest absolute Gasteiger partial charge is 0.436 e. The Kier molecular flexibility index (Phi) is 4.76. The number of anilines is 1. The first-order chi connectivity index (χ1) is 14.4. The summed E-state index contributed by atoms with van der Waals surface area (Å²) in [5.41, 5.74) is -0.299. The van der Waals surface area contributed by atoms with Crippen LogP contribution in [-0.4, -0.2) is 22.2 Å². The summed E-state index contributed by atoms with van der Waals surface area (Å²) in [6, 6.07) is 5.07. The molecule has 0 atom stereocenters. The lowest BCUT2D eigenvalue weighted by Crippen LogP contribution is -2.25. The second-order valence-electron chi connectivity index (χ2n) is 6.24. The summed E-state index contributed by atoms with van der Waals surface area (Å²) in [5, 5.41) is 2.24. The molecule has 2 aromatic heterocycles. The van der Waals surface area contributed by atoms with Gasteiger partial charge in [-0.25, -0.2) is 9.97 Å². The van der Waals surface area contributed by atoms with E-state index in [1.165, 1.54) is 31.3 Å². The van der Waals surface area contributed by atoms with Crippen molar-refractivity contribution in [1.82, 2.24) is 9.97 Å². The third-order valence-corrected chi connectivity index (χ3v) is 4.33. The lowest BCUT2D eigenvalue weighted by Gasteiger charge is -2.08. The van der Waals surface area contributed by atoms with E-state index >= 15 is 0 Å². The first-order valence-electron chi connectivity index (χ1n) is 8.35. The van der Waals surface area contributed by atoms with Gasteiger partial charge in [-0.15, -0.1) is 8.78 Å². The van der Waals surface area contributed by atoms with E-state index in [2.05, 4.69) is 29.2 Å². The average molecular weight is 462 g/mol. The number of benzene rings is 1. The van der Waals surface area contributed by atoms with Crippen LogP contribution in [0.2, 0.25) is 5.02 Å². The maximum absolute atomic E-state index is 13.2. The number of pyridine rings is 1. The van der Waals surface area contributed by atoms with Gasteiger partial charge in [0.15, 0.2) is 23.1 Å². The van der Waals surface area contributed by atoms with Gasteiger partial charge in [0.2, 0.25) is 5.76 Å². The van der Waals surface area contributed by atoms with Crippen LogP contribution in [0.4, 0.5) is 27.8 Å². The largest absolute Gasteiger partial charge is 0.586 e. The van der Waals surface area contributed by atoms with Crippen LogP contribution >= 0.6 is 11.6 Å². The predicted molar refractivity (Wildman–Crippen MR) is 95.1 cm³/mol. The minimum Gasteiger partial charge on any atom is -0.436 e. The van der Waals surface area contributed by atoms with Crippen LogP contribution in [0.15, 0.2) is 34.9 Å². The van der Waals surface area contributed by atoms with Crippen molar-refractivity contribution in [3.05, 3.63) is 52.8 Å². The van der Waals surface area contributed by atoms with Gasteiger partial charge in [-0.05, 0) is 18.2 Å². The molecule has 7 nitrogen and oxygen atoms in total. The molecule has 0 saturated carbocycles. The predicted octanol–water partition coefficient (Wildman–Crippen LogP) is 5.29. The van der Waals surface area contributed by atoms with Crippen LogP contribution in [0.5, 0.6) is 11.5 Å². The normalized spacial score (nSPS) is 14.5. The number of halogens is 6. The van der Waals surface area contributed by atoms with E-state index in [1.807, 2.05) is 0 Å². The van der Waals surface area contributed by atoms with Gasteiger partial charge in [0.1, 0.15) is 5.82 Å². The summed E-state index contributed by atoms with van der Waals surface area (Å²) in [6.45, 7) is 1.17. The fourth-order valence-electron chi connectivity index (χ4n) is 2.77. The molecule has 162 valence electrons. The van der Waals surface area contributed by atoms with Gasteiger partial charge >= 0.3 is 12.5 Å². The molecule has 31 heavy (non-hydrogen) atoms. The monoisotopic (exact) mass is 461 g/mol. The molecule has 1 N–H and O–H groups in total. The zero-order valence-electron chi connectivity index (χ0n) is 15.2. The van der Waals surface area contributed by atoms with Gasteiger partial charge in [0.05, 0.1) is 5.02 Å². The molecule has 0 spiro atoms. The molecule has 0 fully saturated rings. The van der Waals surface area contributed by atoms with E-state index in [1.54, 1.807) is 0 Å². The molecule has 1 amide bonds. The van der Waals surface area contributed by atoms with Crippen LogP contribution in [0, 0.1) is 6.92 Å². The highest BCUT2D eigenvalue weighted by molar-refractivity contribution is 6.33. The van der Waals surface area contributed by atoms with Crippen molar-refractivity contribution in [3.63, 3.8) is 0 Å². The van der Waals surface area contributed by atoms with Crippen LogP contribution in [0.1, 0.15) is 22.1 Å².